The number of methoxy groups -OCH3 is 1. The molecule has 0 radical (unpaired) electrons. The van der Waals surface area contributed by atoms with Crippen molar-refractivity contribution in [1.82, 2.24) is 14.7 Å². The molecule has 1 fully saturated rings. The van der Waals surface area contributed by atoms with Gasteiger partial charge in [-0.1, -0.05) is 0 Å². The van der Waals surface area contributed by atoms with E-state index in [0.29, 0.717) is 67.1 Å². The lowest BCUT2D eigenvalue weighted by Crippen LogP contribution is -2.40. The molecule has 2 aromatic carbocycles. The first-order chi connectivity index (χ1) is 17.4. The maximum atomic E-state index is 12.9. The highest BCUT2D eigenvalue weighted by atomic mass is 16.5. The number of ether oxygens (including phenoxy) is 4. The second-order valence-corrected chi connectivity index (χ2v) is 8.44. The van der Waals surface area contributed by atoms with E-state index in [1.54, 1.807) is 78.5 Å². The molecule has 0 spiro atoms. The topological polar surface area (TPSA) is 104 Å². The molecule has 2 heterocycles. The van der Waals surface area contributed by atoms with Crippen LogP contribution in [-0.2, 0) is 16.5 Å². The third kappa shape index (κ3) is 6.61. The number of aryl methyl sites for hydroxylation is 1. The maximum Gasteiger partial charge on any atom is 0.257 e. The van der Waals surface area contributed by atoms with E-state index in [2.05, 4.69) is 10.4 Å². The van der Waals surface area contributed by atoms with Gasteiger partial charge in [-0.2, -0.15) is 5.10 Å². The van der Waals surface area contributed by atoms with E-state index in [0.717, 1.165) is 0 Å². The minimum absolute atomic E-state index is 0.0409. The molecular weight excluding hydrogens is 464 g/mol. The Morgan fingerprint density at radius 1 is 1.03 bits per heavy atom. The number of carbonyl (C=O) groups is 2. The first kappa shape index (κ1) is 25.2. The molecule has 1 atom stereocenters. The van der Waals surface area contributed by atoms with Crippen LogP contribution in [0.15, 0.2) is 54.7 Å². The summed E-state index contributed by atoms with van der Waals surface area (Å²) in [6, 6.07) is 13.6. The molecule has 10 heteroatoms. The predicted molar refractivity (Wildman–Crippen MR) is 133 cm³/mol. The van der Waals surface area contributed by atoms with Gasteiger partial charge >= 0.3 is 0 Å². The zero-order valence-electron chi connectivity index (χ0n) is 20.6. The summed E-state index contributed by atoms with van der Waals surface area (Å²) in [5, 5.41) is 6.95. The van der Waals surface area contributed by atoms with Crippen LogP contribution in [0.1, 0.15) is 27.6 Å². The summed E-state index contributed by atoms with van der Waals surface area (Å²) < 4.78 is 24.0. The summed E-state index contributed by atoms with van der Waals surface area (Å²) in [5.41, 5.74) is 0.919. The van der Waals surface area contributed by atoms with Crippen LogP contribution in [0.2, 0.25) is 0 Å². The van der Waals surface area contributed by atoms with Gasteiger partial charge in [0.25, 0.3) is 11.8 Å². The summed E-state index contributed by atoms with van der Waals surface area (Å²) in [4.78, 5) is 27.4. The Hall–Kier alpha value is -3.89. The van der Waals surface area contributed by atoms with Crippen molar-refractivity contribution < 1.29 is 28.5 Å². The molecule has 0 bridgehead atoms. The van der Waals surface area contributed by atoms with Crippen LogP contribution in [0.4, 0.5) is 5.82 Å². The number of hydrogen-bond acceptors (Lipinski definition) is 7. The first-order valence-corrected chi connectivity index (χ1v) is 11.7. The average molecular weight is 495 g/mol. The fourth-order valence-electron chi connectivity index (χ4n) is 3.75. The van der Waals surface area contributed by atoms with Crippen molar-refractivity contribution in [2.45, 2.75) is 13.0 Å². The largest absolute Gasteiger partial charge is 0.488 e. The zero-order chi connectivity index (χ0) is 25.5. The third-order valence-electron chi connectivity index (χ3n) is 5.47. The molecule has 190 valence electrons. The lowest BCUT2D eigenvalue weighted by atomic mass is 10.1. The number of hydrogen-bond donors (Lipinski definition) is 1. The highest BCUT2D eigenvalue weighted by Gasteiger charge is 2.19. The molecule has 0 aliphatic carbocycles. The van der Waals surface area contributed by atoms with Crippen molar-refractivity contribution in [3.8, 4) is 17.2 Å². The highest BCUT2D eigenvalue weighted by molar-refractivity contribution is 6.04. The van der Waals surface area contributed by atoms with Crippen molar-refractivity contribution in [2.75, 3.05) is 45.3 Å². The van der Waals surface area contributed by atoms with E-state index in [-0.39, 0.29) is 17.9 Å². The Morgan fingerprint density at radius 3 is 2.42 bits per heavy atom. The summed E-state index contributed by atoms with van der Waals surface area (Å²) in [7, 11) is 3.37. The molecule has 0 unspecified atom stereocenters. The van der Waals surface area contributed by atoms with Crippen molar-refractivity contribution in [1.29, 1.82) is 0 Å². The molecular formula is C26H30N4O6. The lowest BCUT2D eigenvalue weighted by molar-refractivity contribution is 0.0303. The molecule has 1 saturated heterocycles. The lowest BCUT2D eigenvalue weighted by Gasteiger charge is -2.26. The molecule has 1 aliphatic rings. The number of aromatic nitrogens is 2. The van der Waals surface area contributed by atoms with E-state index in [1.165, 1.54) is 0 Å². The van der Waals surface area contributed by atoms with Crippen LogP contribution in [-0.4, -0.2) is 72.6 Å². The number of morpholine rings is 1. The smallest absolute Gasteiger partial charge is 0.257 e. The van der Waals surface area contributed by atoms with Crippen LogP contribution < -0.4 is 14.8 Å². The van der Waals surface area contributed by atoms with Crippen molar-refractivity contribution >= 4 is 17.6 Å². The van der Waals surface area contributed by atoms with Gasteiger partial charge in [-0.15, -0.1) is 0 Å². The molecule has 3 aromatic rings. The summed E-state index contributed by atoms with van der Waals surface area (Å²) >= 11 is 0. The van der Waals surface area contributed by atoms with Gasteiger partial charge in [0.05, 0.1) is 19.8 Å². The van der Waals surface area contributed by atoms with Crippen LogP contribution >= 0.6 is 0 Å². The standard InChI is InChI=1S/C26H30N4O6/c1-18(17-33-3)35-22-14-20(25(31)27-24-8-9-29(2)28-24)15-23(16-22)36-21-6-4-19(5-7-21)26(32)30-10-12-34-13-11-30/h4-9,14-16,18H,10-13,17H2,1-3H3,(H,27,28,31)/t18-/m0/s1. The number of amides is 2. The highest BCUT2D eigenvalue weighted by Crippen LogP contribution is 2.29. The van der Waals surface area contributed by atoms with Gasteiger partial charge in [-0.25, -0.2) is 0 Å². The summed E-state index contributed by atoms with van der Waals surface area (Å²) in [5.74, 6) is 1.44. The molecule has 1 N–H and O–H groups in total. The second-order valence-electron chi connectivity index (χ2n) is 8.44. The third-order valence-corrected chi connectivity index (χ3v) is 5.47. The number of nitrogens with zero attached hydrogens (tertiary/aromatic N) is 3. The van der Waals surface area contributed by atoms with E-state index in [1.807, 2.05) is 6.92 Å². The Balaban J connectivity index is 1.52. The summed E-state index contributed by atoms with van der Waals surface area (Å²) in [6.45, 7) is 4.51. The fourth-order valence-corrected chi connectivity index (χ4v) is 3.75. The van der Waals surface area contributed by atoms with Gasteiger partial charge in [0.2, 0.25) is 0 Å². The number of nitrogens with one attached hydrogen (secondary N) is 1. The van der Waals surface area contributed by atoms with E-state index in [9.17, 15) is 9.59 Å². The van der Waals surface area contributed by atoms with Gasteiger partial charge in [0.1, 0.15) is 23.4 Å². The van der Waals surface area contributed by atoms with E-state index < -0.39 is 0 Å². The van der Waals surface area contributed by atoms with E-state index in [4.69, 9.17) is 18.9 Å². The normalized spacial score (nSPS) is 14.2. The second kappa shape index (κ2) is 11.7. The number of carbonyl (C=O) groups excluding carboxylic acids is 2. The molecule has 2 amide bonds. The average Bonchev–Trinajstić information content (AvgIpc) is 3.29. The van der Waals surface area contributed by atoms with Crippen molar-refractivity contribution in [3.63, 3.8) is 0 Å². The predicted octanol–water partition coefficient (Wildman–Crippen LogP) is 3.35. The maximum absolute atomic E-state index is 12.9. The molecule has 36 heavy (non-hydrogen) atoms. The molecule has 1 aromatic heterocycles. The molecule has 0 saturated carbocycles. The number of rotatable bonds is 9. The van der Waals surface area contributed by atoms with Crippen LogP contribution in [0.3, 0.4) is 0 Å². The monoisotopic (exact) mass is 494 g/mol. The quantitative estimate of drug-likeness (QED) is 0.486. The van der Waals surface area contributed by atoms with Crippen LogP contribution in [0, 0.1) is 0 Å². The van der Waals surface area contributed by atoms with Gasteiger partial charge < -0.3 is 29.2 Å². The first-order valence-electron chi connectivity index (χ1n) is 11.7. The summed E-state index contributed by atoms with van der Waals surface area (Å²) in [6.07, 6.45) is 1.51. The number of anilines is 1. The Kier molecular flexibility index (Phi) is 8.19. The van der Waals surface area contributed by atoms with Gasteiger partial charge in [-0.05, 0) is 43.3 Å². The van der Waals surface area contributed by atoms with Gasteiger partial charge in [0.15, 0.2) is 5.82 Å². The fraction of sp³-hybridized carbons (Fsp3) is 0.346. The Labute approximate surface area is 209 Å². The Morgan fingerprint density at radius 2 is 1.75 bits per heavy atom. The zero-order valence-corrected chi connectivity index (χ0v) is 20.6. The van der Waals surface area contributed by atoms with Gasteiger partial charge in [-0.3, -0.25) is 14.3 Å². The molecule has 1 aliphatic heterocycles. The molecule has 10 nitrogen and oxygen atoms in total. The minimum Gasteiger partial charge on any atom is -0.488 e. The number of benzene rings is 2. The van der Waals surface area contributed by atoms with Gasteiger partial charge in [0, 0.05) is 56.7 Å². The van der Waals surface area contributed by atoms with Crippen molar-refractivity contribution in [3.05, 3.63) is 65.9 Å². The minimum atomic E-state index is -0.352. The van der Waals surface area contributed by atoms with Crippen LogP contribution in [0.25, 0.3) is 0 Å². The van der Waals surface area contributed by atoms with Crippen molar-refractivity contribution in [2.24, 2.45) is 7.05 Å². The Bertz CT molecular complexity index is 1190. The SMILES string of the molecule is COC[C@H](C)Oc1cc(Oc2ccc(C(=O)N3CCOCC3)cc2)cc(C(=O)Nc2ccn(C)n2)c1. The van der Waals surface area contributed by atoms with E-state index >= 15 is 0 Å². The molecule has 4 rings (SSSR count). The van der Waals surface area contributed by atoms with Crippen LogP contribution in [0.5, 0.6) is 17.2 Å².